The number of carbonyl (C=O) groups excluding carboxylic acids is 1. The average molecular weight is 383 g/mol. The summed E-state index contributed by atoms with van der Waals surface area (Å²) < 4.78 is 0. The molecule has 0 unspecified atom stereocenters. The van der Waals surface area contributed by atoms with Crippen molar-refractivity contribution >= 4 is 35.1 Å². The lowest BCUT2D eigenvalue weighted by Crippen LogP contribution is -2.83. The van der Waals surface area contributed by atoms with Crippen molar-refractivity contribution in [1.82, 2.24) is 15.3 Å². The lowest BCUT2D eigenvalue weighted by molar-refractivity contribution is -0.555. The number of nitrogens with zero attached hydrogens (tertiary/aromatic N) is 2. The number of benzene rings is 1. The summed E-state index contributed by atoms with van der Waals surface area (Å²) in [5.74, 6) is 0.731. The predicted molar refractivity (Wildman–Crippen MR) is 111 cm³/mol. The Morgan fingerprint density at radius 2 is 2.21 bits per heavy atom. The molecule has 1 aliphatic rings. The van der Waals surface area contributed by atoms with Crippen LogP contribution in [0.2, 0.25) is 0 Å². The molecule has 1 aromatic heterocycles. The Bertz CT molecular complexity index is 852. The van der Waals surface area contributed by atoms with E-state index in [2.05, 4.69) is 38.3 Å². The molecule has 0 saturated heterocycles. The van der Waals surface area contributed by atoms with Gasteiger partial charge in [-0.3, -0.25) is 4.79 Å². The van der Waals surface area contributed by atoms with Crippen LogP contribution in [-0.2, 0) is 0 Å². The van der Waals surface area contributed by atoms with Gasteiger partial charge in [0.1, 0.15) is 17.6 Å². The molecule has 1 aromatic carbocycles. The maximum atomic E-state index is 12.4. The minimum Gasteiger partial charge on any atom is -0.369 e. The molecule has 0 radical (unpaired) electrons. The number of quaternary nitrogens is 1. The van der Waals surface area contributed by atoms with Crippen molar-refractivity contribution in [3.05, 3.63) is 41.7 Å². The monoisotopic (exact) mass is 383 g/mol. The quantitative estimate of drug-likeness (QED) is 0.281. The number of fused-ring (bicyclic) bond motifs is 1. The van der Waals surface area contributed by atoms with Crippen LogP contribution < -0.4 is 32.5 Å². The summed E-state index contributed by atoms with van der Waals surface area (Å²) in [6.07, 6.45) is 7.17. The molecule has 28 heavy (non-hydrogen) atoms. The summed E-state index contributed by atoms with van der Waals surface area (Å²) in [5.41, 5.74) is 14.0. The fourth-order valence-corrected chi connectivity index (χ4v) is 2.71. The maximum absolute atomic E-state index is 12.4. The number of hydrogen-bond acceptors (Lipinski definition) is 7. The Morgan fingerprint density at radius 1 is 1.32 bits per heavy atom. The van der Waals surface area contributed by atoms with Crippen LogP contribution in [0.1, 0.15) is 35.7 Å². The van der Waals surface area contributed by atoms with Crippen LogP contribution in [-0.4, -0.2) is 35.5 Å². The van der Waals surface area contributed by atoms with Crippen molar-refractivity contribution in [3.63, 3.8) is 0 Å². The first-order chi connectivity index (χ1) is 13.7. The molecule has 0 atom stereocenters. The molecule has 0 aliphatic carbocycles. The van der Waals surface area contributed by atoms with Gasteiger partial charge in [0.15, 0.2) is 0 Å². The largest absolute Gasteiger partial charge is 0.369 e. The van der Waals surface area contributed by atoms with Gasteiger partial charge in [-0.15, -0.1) is 0 Å². The van der Waals surface area contributed by atoms with Crippen LogP contribution >= 0.6 is 0 Å². The highest BCUT2D eigenvalue weighted by Crippen LogP contribution is 2.24. The van der Waals surface area contributed by atoms with E-state index in [1.54, 1.807) is 6.20 Å². The van der Waals surface area contributed by atoms with Crippen LogP contribution in [0.25, 0.3) is 6.08 Å². The van der Waals surface area contributed by atoms with Crippen molar-refractivity contribution in [1.29, 1.82) is 0 Å². The Hall–Kier alpha value is -3.17. The Morgan fingerprint density at radius 3 is 3.04 bits per heavy atom. The molecule has 3 rings (SSSR count). The van der Waals surface area contributed by atoms with E-state index in [9.17, 15) is 4.79 Å². The molecule has 0 saturated carbocycles. The van der Waals surface area contributed by atoms with Crippen LogP contribution in [0, 0.1) is 0 Å². The zero-order valence-corrected chi connectivity index (χ0v) is 16.0. The first-order valence-corrected chi connectivity index (χ1v) is 9.48. The maximum Gasteiger partial charge on any atom is 0.256 e. The summed E-state index contributed by atoms with van der Waals surface area (Å²) in [6.45, 7) is 3.83. The second kappa shape index (κ2) is 9.67. The van der Waals surface area contributed by atoms with E-state index >= 15 is 0 Å². The zero-order chi connectivity index (χ0) is 19.8. The second-order valence-corrected chi connectivity index (χ2v) is 6.38. The van der Waals surface area contributed by atoms with Crippen molar-refractivity contribution in [2.75, 3.05) is 35.7 Å². The Balaban J connectivity index is 1.78. The van der Waals surface area contributed by atoms with Crippen LogP contribution in [0.15, 0.2) is 30.6 Å². The number of carbonyl (C=O) groups is 1. The van der Waals surface area contributed by atoms with E-state index in [-0.39, 0.29) is 5.91 Å². The van der Waals surface area contributed by atoms with E-state index in [0.717, 1.165) is 29.8 Å². The molecule has 9 nitrogen and oxygen atoms in total. The average Bonchev–Trinajstić information content (AvgIpc) is 2.72. The molecule has 0 bridgehead atoms. The van der Waals surface area contributed by atoms with Gasteiger partial charge in [-0.1, -0.05) is 6.92 Å². The standard InChI is InChI=1S/C19H26N8O/c1-2-8-21-17-15(18(28)22-9-3-7-20)12-23-19(26-17)25-14-4-5-16-13(11-14)6-10-24-27-16/h4-6,10-12,24,27H,2-3,7-9,20H2,1H3,(H,22,28)(H2,21,23,25,26)/p+1. The number of anilines is 4. The van der Waals surface area contributed by atoms with Gasteiger partial charge in [0.2, 0.25) is 5.95 Å². The third kappa shape index (κ3) is 4.96. The summed E-state index contributed by atoms with van der Waals surface area (Å²) in [7, 11) is 0. The minimum absolute atomic E-state index is 0.208. The highest BCUT2D eigenvalue weighted by atomic mass is 16.1. The highest BCUT2D eigenvalue weighted by Gasteiger charge is 2.15. The summed E-state index contributed by atoms with van der Waals surface area (Å²) in [4.78, 5) is 21.2. The molecular formula is C19H27N8O+. The van der Waals surface area contributed by atoms with Gasteiger partial charge in [-0.25, -0.2) is 15.8 Å². The third-order valence-corrected chi connectivity index (χ3v) is 4.16. The number of aromatic nitrogens is 2. The number of nitrogen functional groups attached to an aromatic ring is 1. The second-order valence-electron chi connectivity index (χ2n) is 6.38. The first kappa shape index (κ1) is 19.6. The smallest absolute Gasteiger partial charge is 0.256 e. The summed E-state index contributed by atoms with van der Waals surface area (Å²) >= 11 is 0. The van der Waals surface area contributed by atoms with Crippen molar-refractivity contribution in [2.45, 2.75) is 19.8 Å². The number of hydrogen-bond donors (Lipinski definition) is 6. The SMILES string of the molecule is CCCNc1nc(Nc2ccc3c(c2)C=C[NH2+]N3)ncc1C(=O)NCCCN. The van der Waals surface area contributed by atoms with Crippen LogP contribution in [0.4, 0.5) is 23.1 Å². The van der Waals surface area contributed by atoms with Gasteiger partial charge < -0.3 is 21.7 Å². The highest BCUT2D eigenvalue weighted by molar-refractivity contribution is 5.98. The number of nitrogens with one attached hydrogen (secondary N) is 4. The van der Waals surface area contributed by atoms with Crippen LogP contribution in [0.5, 0.6) is 0 Å². The minimum atomic E-state index is -0.208. The van der Waals surface area contributed by atoms with Gasteiger partial charge in [0, 0.05) is 36.6 Å². The molecule has 1 aliphatic heterocycles. The predicted octanol–water partition coefficient (Wildman–Crippen LogP) is 0.995. The van der Waals surface area contributed by atoms with Crippen LogP contribution in [0.3, 0.4) is 0 Å². The zero-order valence-electron chi connectivity index (χ0n) is 16.0. The number of rotatable bonds is 9. The lowest BCUT2D eigenvalue weighted by Gasteiger charge is -2.14. The molecule has 8 N–H and O–H groups in total. The number of amides is 1. The summed E-state index contributed by atoms with van der Waals surface area (Å²) in [6, 6.07) is 5.96. The Kier molecular flexibility index (Phi) is 6.77. The normalized spacial score (nSPS) is 12.1. The van der Waals surface area contributed by atoms with Crippen molar-refractivity contribution in [2.24, 2.45) is 5.73 Å². The van der Waals surface area contributed by atoms with Crippen molar-refractivity contribution < 1.29 is 10.2 Å². The van der Waals surface area contributed by atoms with Gasteiger partial charge in [-0.05, 0) is 37.6 Å². The van der Waals surface area contributed by atoms with Gasteiger partial charge in [0.25, 0.3) is 5.91 Å². The fraction of sp³-hybridized carbons (Fsp3) is 0.316. The van der Waals surface area contributed by atoms with E-state index in [0.29, 0.717) is 37.0 Å². The molecule has 9 heteroatoms. The molecule has 0 spiro atoms. The van der Waals surface area contributed by atoms with Crippen molar-refractivity contribution in [3.8, 4) is 0 Å². The summed E-state index contributed by atoms with van der Waals surface area (Å²) in [5, 5.41) is 9.26. The topological polar surface area (TPSA) is 134 Å². The molecule has 0 fully saturated rings. The fourth-order valence-electron chi connectivity index (χ4n) is 2.71. The van der Waals surface area contributed by atoms with E-state index < -0.39 is 0 Å². The van der Waals surface area contributed by atoms with Gasteiger partial charge >= 0.3 is 0 Å². The van der Waals surface area contributed by atoms with E-state index in [1.807, 2.05) is 35.9 Å². The molecular weight excluding hydrogens is 356 g/mol. The van der Waals surface area contributed by atoms with E-state index in [4.69, 9.17) is 5.73 Å². The van der Waals surface area contributed by atoms with Gasteiger partial charge in [0.05, 0.1) is 5.69 Å². The first-order valence-electron chi connectivity index (χ1n) is 9.48. The lowest BCUT2D eigenvalue weighted by atomic mass is 10.1. The number of nitrogens with two attached hydrogens (primary N) is 2. The molecule has 1 amide bonds. The Labute approximate surface area is 164 Å². The molecule has 2 heterocycles. The van der Waals surface area contributed by atoms with E-state index in [1.165, 1.54) is 0 Å². The third-order valence-electron chi connectivity index (χ3n) is 4.16. The van der Waals surface area contributed by atoms with Gasteiger partial charge in [-0.2, -0.15) is 4.98 Å². The molecule has 2 aromatic rings. The molecule has 148 valence electrons.